The Labute approximate surface area is 117 Å². The van der Waals surface area contributed by atoms with Crippen LogP contribution in [0, 0.1) is 11.8 Å². The van der Waals surface area contributed by atoms with E-state index >= 15 is 0 Å². The highest BCUT2D eigenvalue weighted by Gasteiger charge is 2.46. The summed E-state index contributed by atoms with van der Waals surface area (Å²) in [5.41, 5.74) is 4.22. The second-order valence-electron chi connectivity index (χ2n) is 6.04. The molecule has 4 nitrogen and oxygen atoms in total. The maximum absolute atomic E-state index is 12.7. The number of hydrogen-bond acceptors (Lipinski definition) is 2. The van der Waals surface area contributed by atoms with E-state index in [1.807, 2.05) is 13.8 Å². The van der Waals surface area contributed by atoms with Crippen LogP contribution in [0.3, 0.4) is 0 Å². The lowest BCUT2D eigenvalue weighted by molar-refractivity contribution is -0.199. The normalized spacial score (nSPS) is 28.8. The summed E-state index contributed by atoms with van der Waals surface area (Å²) >= 11 is 0. The summed E-state index contributed by atoms with van der Waals surface area (Å²) in [6, 6.07) is 0. The lowest BCUT2D eigenvalue weighted by Crippen LogP contribution is -2.44. The second-order valence-corrected chi connectivity index (χ2v) is 6.04. The fourth-order valence-corrected chi connectivity index (χ4v) is 2.36. The van der Waals surface area contributed by atoms with E-state index in [2.05, 4.69) is 10.3 Å². The summed E-state index contributed by atoms with van der Waals surface area (Å²) in [5, 5.41) is 13.1. The minimum atomic E-state index is -4.25. The molecule has 1 fully saturated rings. The number of aliphatic hydroxyl groups is 1. The first-order valence-corrected chi connectivity index (χ1v) is 6.95. The third kappa shape index (κ3) is 5.56. The molecular formula is C13H24F3N3O. The monoisotopic (exact) mass is 295 g/mol. The van der Waals surface area contributed by atoms with Gasteiger partial charge in [0.15, 0.2) is 5.96 Å². The van der Waals surface area contributed by atoms with Crippen molar-refractivity contribution < 1.29 is 18.3 Å². The lowest BCUT2D eigenvalue weighted by Gasteiger charge is -2.36. The third-order valence-electron chi connectivity index (χ3n) is 3.52. The van der Waals surface area contributed by atoms with Crippen LogP contribution in [0.5, 0.6) is 0 Å². The van der Waals surface area contributed by atoms with Crippen LogP contribution < -0.4 is 11.1 Å². The van der Waals surface area contributed by atoms with Crippen LogP contribution in [0.15, 0.2) is 4.99 Å². The second kappa shape index (κ2) is 6.65. The number of alkyl halides is 3. The zero-order valence-corrected chi connectivity index (χ0v) is 12.0. The molecule has 0 radical (unpaired) electrons. The Morgan fingerprint density at radius 3 is 2.70 bits per heavy atom. The van der Waals surface area contributed by atoms with Crippen molar-refractivity contribution in [2.45, 2.75) is 51.3 Å². The van der Waals surface area contributed by atoms with Crippen LogP contribution in [0.1, 0.15) is 39.5 Å². The maximum atomic E-state index is 12.7. The van der Waals surface area contributed by atoms with Crippen molar-refractivity contribution in [2.24, 2.45) is 22.6 Å². The smallest absolute Gasteiger partial charge is 0.388 e. The SMILES string of the molecule is CC(C)CNC(N)=NCC1(O)CCCC(C(F)(F)F)C1. The van der Waals surface area contributed by atoms with E-state index < -0.39 is 17.7 Å². The van der Waals surface area contributed by atoms with Gasteiger partial charge in [-0.15, -0.1) is 0 Å². The van der Waals surface area contributed by atoms with E-state index in [0.717, 1.165) is 0 Å². The zero-order valence-electron chi connectivity index (χ0n) is 12.0. The van der Waals surface area contributed by atoms with Gasteiger partial charge in [0.1, 0.15) is 0 Å². The van der Waals surface area contributed by atoms with Gasteiger partial charge >= 0.3 is 6.18 Å². The third-order valence-corrected chi connectivity index (χ3v) is 3.52. The van der Waals surface area contributed by atoms with Gasteiger partial charge in [0.25, 0.3) is 0 Å². The molecule has 0 aromatic heterocycles. The largest absolute Gasteiger partial charge is 0.391 e. The summed E-state index contributed by atoms with van der Waals surface area (Å²) < 4.78 is 38.1. The van der Waals surface area contributed by atoms with E-state index in [-0.39, 0.29) is 25.3 Å². The van der Waals surface area contributed by atoms with Crippen LogP contribution >= 0.6 is 0 Å². The molecule has 2 atom stereocenters. The molecule has 7 heteroatoms. The Hall–Kier alpha value is -0.980. The van der Waals surface area contributed by atoms with Crippen LogP contribution in [0.2, 0.25) is 0 Å². The molecule has 0 aliphatic heterocycles. The fraction of sp³-hybridized carbons (Fsp3) is 0.923. The number of aliphatic imine (C=N–C) groups is 1. The summed E-state index contributed by atoms with van der Waals surface area (Å²) in [7, 11) is 0. The van der Waals surface area contributed by atoms with Gasteiger partial charge in [-0.1, -0.05) is 13.8 Å². The van der Waals surface area contributed by atoms with Gasteiger partial charge in [0, 0.05) is 6.54 Å². The molecule has 0 heterocycles. The molecule has 1 aliphatic rings. The molecule has 1 saturated carbocycles. The Morgan fingerprint density at radius 2 is 2.15 bits per heavy atom. The molecule has 1 rings (SSSR count). The number of nitrogens with zero attached hydrogens (tertiary/aromatic N) is 1. The van der Waals surface area contributed by atoms with E-state index in [4.69, 9.17) is 5.73 Å². The van der Waals surface area contributed by atoms with Crippen molar-refractivity contribution in [3.05, 3.63) is 0 Å². The predicted octanol–water partition coefficient (Wildman–Crippen LogP) is 2.03. The Balaban J connectivity index is 2.54. The lowest BCUT2D eigenvalue weighted by atomic mass is 9.78. The summed E-state index contributed by atoms with van der Waals surface area (Å²) in [4.78, 5) is 3.97. The van der Waals surface area contributed by atoms with E-state index in [1.165, 1.54) is 0 Å². The topological polar surface area (TPSA) is 70.6 Å². The standard InChI is InChI=1S/C13H24F3N3O/c1-9(2)7-18-11(17)19-8-12(20)5-3-4-10(6-12)13(14,15)16/h9-10,20H,3-8H2,1-2H3,(H3,17,18,19). The zero-order chi connectivity index (χ0) is 15.4. The van der Waals surface area contributed by atoms with Gasteiger partial charge in [-0.25, -0.2) is 0 Å². The molecule has 1 aliphatic carbocycles. The van der Waals surface area contributed by atoms with Crippen LogP contribution in [0.4, 0.5) is 13.2 Å². The highest BCUT2D eigenvalue weighted by atomic mass is 19.4. The molecule has 0 spiro atoms. The predicted molar refractivity (Wildman–Crippen MR) is 72.3 cm³/mol. The Morgan fingerprint density at radius 1 is 1.50 bits per heavy atom. The quantitative estimate of drug-likeness (QED) is 0.549. The molecule has 0 aromatic rings. The van der Waals surface area contributed by atoms with Gasteiger partial charge in [-0.3, -0.25) is 4.99 Å². The molecule has 0 aromatic carbocycles. The van der Waals surface area contributed by atoms with Crippen molar-refractivity contribution in [2.75, 3.05) is 13.1 Å². The van der Waals surface area contributed by atoms with Crippen LogP contribution in [0.25, 0.3) is 0 Å². The summed E-state index contributed by atoms with van der Waals surface area (Å²) in [6.45, 7) is 4.56. The van der Waals surface area contributed by atoms with Gasteiger partial charge in [0.05, 0.1) is 18.1 Å². The molecule has 0 amide bonds. The minimum absolute atomic E-state index is 0.0800. The summed E-state index contributed by atoms with van der Waals surface area (Å²) in [5.74, 6) is -0.890. The Kier molecular flexibility index (Phi) is 5.68. The van der Waals surface area contributed by atoms with Gasteiger partial charge < -0.3 is 16.2 Å². The highest BCUT2D eigenvalue weighted by Crippen LogP contribution is 2.41. The first-order chi connectivity index (χ1) is 9.12. The molecule has 0 saturated heterocycles. The number of guanidine groups is 1. The molecule has 20 heavy (non-hydrogen) atoms. The minimum Gasteiger partial charge on any atom is -0.388 e. The molecule has 2 unspecified atom stereocenters. The molecular weight excluding hydrogens is 271 g/mol. The molecule has 0 bridgehead atoms. The van der Waals surface area contributed by atoms with Crippen molar-refractivity contribution in [3.63, 3.8) is 0 Å². The number of hydrogen-bond donors (Lipinski definition) is 3. The maximum Gasteiger partial charge on any atom is 0.391 e. The highest BCUT2D eigenvalue weighted by molar-refractivity contribution is 5.77. The van der Waals surface area contributed by atoms with E-state index in [1.54, 1.807) is 0 Å². The van der Waals surface area contributed by atoms with E-state index in [9.17, 15) is 18.3 Å². The van der Waals surface area contributed by atoms with Crippen LogP contribution in [-0.2, 0) is 0 Å². The van der Waals surface area contributed by atoms with Crippen molar-refractivity contribution in [1.82, 2.24) is 5.32 Å². The number of nitrogens with one attached hydrogen (secondary N) is 1. The van der Waals surface area contributed by atoms with Crippen molar-refractivity contribution in [1.29, 1.82) is 0 Å². The van der Waals surface area contributed by atoms with Gasteiger partial charge in [0.2, 0.25) is 0 Å². The van der Waals surface area contributed by atoms with Crippen molar-refractivity contribution >= 4 is 5.96 Å². The molecule has 4 N–H and O–H groups in total. The van der Waals surface area contributed by atoms with Gasteiger partial charge in [-0.2, -0.15) is 13.2 Å². The fourth-order valence-electron chi connectivity index (χ4n) is 2.36. The van der Waals surface area contributed by atoms with Gasteiger partial charge in [-0.05, 0) is 31.6 Å². The first-order valence-electron chi connectivity index (χ1n) is 6.95. The van der Waals surface area contributed by atoms with E-state index in [0.29, 0.717) is 25.3 Å². The average Bonchev–Trinajstić information content (AvgIpc) is 2.33. The summed E-state index contributed by atoms with van der Waals surface area (Å²) in [6.07, 6.45) is -3.77. The average molecular weight is 295 g/mol. The Bertz CT molecular complexity index is 344. The number of halogens is 3. The van der Waals surface area contributed by atoms with Crippen molar-refractivity contribution in [3.8, 4) is 0 Å². The number of nitrogens with two attached hydrogens (primary N) is 1. The first kappa shape index (κ1) is 17.1. The molecule has 118 valence electrons. The number of rotatable bonds is 4. The van der Waals surface area contributed by atoms with Crippen LogP contribution in [-0.4, -0.2) is 35.9 Å².